The molecular formula is C26H32N2O5. The molecule has 0 unspecified atom stereocenters. The second-order valence-electron chi connectivity index (χ2n) is 8.95. The van der Waals surface area contributed by atoms with Gasteiger partial charge in [-0.3, -0.25) is 9.59 Å². The number of fused-ring (bicyclic) bond motifs is 3. The Morgan fingerprint density at radius 3 is 2.12 bits per heavy atom. The van der Waals surface area contributed by atoms with E-state index in [2.05, 4.69) is 29.6 Å². The van der Waals surface area contributed by atoms with Gasteiger partial charge in [-0.2, -0.15) is 0 Å². The van der Waals surface area contributed by atoms with Crippen LogP contribution in [0.5, 0.6) is 0 Å². The third-order valence-electron chi connectivity index (χ3n) is 6.08. The number of rotatable bonds is 10. The summed E-state index contributed by atoms with van der Waals surface area (Å²) < 4.78 is 5.61. The summed E-state index contributed by atoms with van der Waals surface area (Å²) in [5.41, 5.74) is 3.99. The number of ether oxygens (including phenoxy) is 1. The molecular weight excluding hydrogens is 420 g/mol. The first-order valence-corrected chi connectivity index (χ1v) is 11.3. The molecule has 2 N–H and O–H groups in total. The predicted molar refractivity (Wildman–Crippen MR) is 126 cm³/mol. The first-order chi connectivity index (χ1) is 15.7. The highest BCUT2D eigenvalue weighted by Gasteiger charge is 2.30. The van der Waals surface area contributed by atoms with Gasteiger partial charge in [-0.25, -0.2) is 4.79 Å². The Kier molecular flexibility index (Phi) is 7.74. The molecule has 3 rings (SSSR count). The maximum Gasteiger partial charge on any atom is 0.407 e. The first-order valence-electron chi connectivity index (χ1n) is 11.3. The number of aliphatic carboxylic acids is 1. The third kappa shape index (κ3) is 6.12. The number of carbonyl (C=O) groups is 3. The number of benzene rings is 2. The molecule has 0 bridgehead atoms. The van der Waals surface area contributed by atoms with Crippen LogP contribution in [0.15, 0.2) is 48.5 Å². The average Bonchev–Trinajstić information content (AvgIpc) is 3.10. The SMILES string of the molecule is CCN(CCC(=O)O)C(=O)CCC(C)(C)NC(=O)OCC1c2ccccc2-c2ccccc21. The van der Waals surface area contributed by atoms with Crippen LogP contribution in [0.2, 0.25) is 0 Å². The van der Waals surface area contributed by atoms with Crippen molar-refractivity contribution in [3.05, 3.63) is 59.7 Å². The molecule has 0 atom stereocenters. The van der Waals surface area contributed by atoms with Crippen LogP contribution in [0, 0.1) is 0 Å². The molecule has 0 spiro atoms. The van der Waals surface area contributed by atoms with Gasteiger partial charge in [0.2, 0.25) is 5.91 Å². The molecule has 0 heterocycles. The molecule has 0 saturated carbocycles. The Labute approximate surface area is 194 Å². The molecule has 33 heavy (non-hydrogen) atoms. The summed E-state index contributed by atoms with van der Waals surface area (Å²) in [4.78, 5) is 37.3. The first kappa shape index (κ1) is 24.3. The number of alkyl carbamates (subject to hydrolysis) is 1. The van der Waals surface area contributed by atoms with Crippen molar-refractivity contribution in [1.82, 2.24) is 10.2 Å². The monoisotopic (exact) mass is 452 g/mol. The lowest BCUT2D eigenvalue weighted by atomic mass is 9.97. The zero-order valence-electron chi connectivity index (χ0n) is 19.5. The number of hydrogen-bond donors (Lipinski definition) is 2. The van der Waals surface area contributed by atoms with E-state index in [4.69, 9.17) is 9.84 Å². The quantitative estimate of drug-likeness (QED) is 0.557. The van der Waals surface area contributed by atoms with Crippen molar-refractivity contribution in [1.29, 1.82) is 0 Å². The Balaban J connectivity index is 1.53. The molecule has 2 amide bonds. The maximum absolute atomic E-state index is 12.6. The summed E-state index contributed by atoms with van der Waals surface area (Å²) in [6.07, 6.45) is 0.0255. The molecule has 0 aliphatic heterocycles. The molecule has 1 aliphatic rings. The minimum absolute atomic E-state index is 0.0137. The van der Waals surface area contributed by atoms with Gasteiger partial charge in [-0.15, -0.1) is 0 Å². The Morgan fingerprint density at radius 2 is 1.58 bits per heavy atom. The van der Waals surface area contributed by atoms with E-state index < -0.39 is 17.6 Å². The van der Waals surface area contributed by atoms with Crippen LogP contribution >= 0.6 is 0 Å². The van der Waals surface area contributed by atoms with E-state index >= 15 is 0 Å². The van der Waals surface area contributed by atoms with Crippen LogP contribution in [-0.4, -0.2) is 53.2 Å². The number of hydrogen-bond acceptors (Lipinski definition) is 4. The Bertz CT molecular complexity index is 972. The number of amides is 2. The fraction of sp³-hybridized carbons (Fsp3) is 0.423. The van der Waals surface area contributed by atoms with Gasteiger partial charge in [0.15, 0.2) is 0 Å². The van der Waals surface area contributed by atoms with Crippen LogP contribution in [0.3, 0.4) is 0 Å². The van der Waals surface area contributed by atoms with E-state index in [1.165, 1.54) is 16.0 Å². The van der Waals surface area contributed by atoms with Crippen LogP contribution in [0.25, 0.3) is 11.1 Å². The maximum atomic E-state index is 12.6. The average molecular weight is 453 g/mol. The summed E-state index contributed by atoms with van der Waals surface area (Å²) >= 11 is 0. The van der Waals surface area contributed by atoms with Crippen molar-refractivity contribution in [3.8, 4) is 11.1 Å². The Hall–Kier alpha value is -3.35. The van der Waals surface area contributed by atoms with Crippen LogP contribution in [0.1, 0.15) is 57.1 Å². The van der Waals surface area contributed by atoms with Gasteiger partial charge in [-0.05, 0) is 49.4 Å². The van der Waals surface area contributed by atoms with Gasteiger partial charge in [0.25, 0.3) is 0 Å². The highest BCUT2D eigenvalue weighted by Crippen LogP contribution is 2.44. The molecule has 2 aromatic carbocycles. The second-order valence-corrected chi connectivity index (χ2v) is 8.95. The van der Waals surface area contributed by atoms with E-state index in [1.54, 1.807) is 0 Å². The Morgan fingerprint density at radius 1 is 1.00 bits per heavy atom. The molecule has 0 radical (unpaired) electrons. The molecule has 1 aliphatic carbocycles. The van der Waals surface area contributed by atoms with Crippen LogP contribution < -0.4 is 5.32 Å². The molecule has 0 fully saturated rings. The lowest BCUT2D eigenvalue weighted by molar-refractivity contribution is -0.138. The summed E-state index contributed by atoms with van der Waals surface area (Å²) in [6.45, 7) is 6.37. The molecule has 0 aromatic heterocycles. The number of carboxylic acids is 1. The van der Waals surface area contributed by atoms with Crippen molar-refractivity contribution >= 4 is 18.0 Å². The fourth-order valence-corrected chi connectivity index (χ4v) is 4.24. The molecule has 176 valence electrons. The predicted octanol–water partition coefficient (Wildman–Crippen LogP) is 4.41. The minimum atomic E-state index is -0.932. The van der Waals surface area contributed by atoms with E-state index in [9.17, 15) is 14.4 Å². The second kappa shape index (κ2) is 10.5. The number of nitrogens with zero attached hydrogens (tertiary/aromatic N) is 1. The lowest BCUT2D eigenvalue weighted by Crippen LogP contribution is -2.45. The lowest BCUT2D eigenvalue weighted by Gasteiger charge is -2.28. The van der Waals surface area contributed by atoms with Gasteiger partial charge in [0, 0.05) is 31.0 Å². The van der Waals surface area contributed by atoms with Gasteiger partial charge >= 0.3 is 12.1 Å². The zero-order chi connectivity index (χ0) is 24.0. The molecule has 0 saturated heterocycles. The number of carboxylic acid groups (broad SMARTS) is 1. The number of carbonyl (C=O) groups excluding carboxylic acids is 2. The highest BCUT2D eigenvalue weighted by atomic mass is 16.5. The van der Waals surface area contributed by atoms with E-state index in [1.807, 2.05) is 45.0 Å². The summed E-state index contributed by atoms with van der Waals surface area (Å²) in [7, 11) is 0. The number of nitrogens with one attached hydrogen (secondary N) is 1. The topological polar surface area (TPSA) is 95.9 Å². The minimum Gasteiger partial charge on any atom is -0.481 e. The van der Waals surface area contributed by atoms with E-state index in [-0.39, 0.29) is 37.8 Å². The highest BCUT2D eigenvalue weighted by molar-refractivity contribution is 5.79. The summed E-state index contributed by atoms with van der Waals surface area (Å²) in [6, 6.07) is 16.3. The molecule has 7 heteroatoms. The smallest absolute Gasteiger partial charge is 0.407 e. The zero-order valence-corrected chi connectivity index (χ0v) is 19.5. The normalized spacial score (nSPS) is 12.6. The van der Waals surface area contributed by atoms with Crippen molar-refractivity contribution in [2.75, 3.05) is 19.7 Å². The standard InChI is InChI=1S/C26H32N2O5/c1-4-28(16-14-24(30)31)23(29)13-15-26(2,3)27-25(32)33-17-22-20-11-7-5-9-18(20)19-10-6-8-12-21(19)22/h5-12,22H,4,13-17H2,1-3H3,(H,27,32)(H,30,31). The van der Waals surface area contributed by atoms with Gasteiger partial charge in [0.05, 0.1) is 6.42 Å². The van der Waals surface area contributed by atoms with Gasteiger partial charge in [0.1, 0.15) is 6.61 Å². The fourth-order valence-electron chi connectivity index (χ4n) is 4.24. The van der Waals surface area contributed by atoms with Crippen LogP contribution in [-0.2, 0) is 14.3 Å². The largest absolute Gasteiger partial charge is 0.481 e. The summed E-state index contributed by atoms with van der Waals surface area (Å²) in [5, 5.41) is 11.7. The van der Waals surface area contributed by atoms with Gasteiger partial charge < -0.3 is 20.1 Å². The van der Waals surface area contributed by atoms with Crippen molar-refractivity contribution in [3.63, 3.8) is 0 Å². The molecule has 2 aromatic rings. The van der Waals surface area contributed by atoms with E-state index in [0.717, 1.165) is 11.1 Å². The van der Waals surface area contributed by atoms with Crippen molar-refractivity contribution in [2.45, 2.75) is 51.5 Å². The van der Waals surface area contributed by atoms with Crippen molar-refractivity contribution in [2.24, 2.45) is 0 Å². The van der Waals surface area contributed by atoms with E-state index in [0.29, 0.717) is 13.0 Å². The van der Waals surface area contributed by atoms with Gasteiger partial charge in [-0.1, -0.05) is 48.5 Å². The molecule has 7 nitrogen and oxygen atoms in total. The van der Waals surface area contributed by atoms with Crippen LogP contribution in [0.4, 0.5) is 4.79 Å². The van der Waals surface area contributed by atoms with Crippen molar-refractivity contribution < 1.29 is 24.2 Å². The summed E-state index contributed by atoms with van der Waals surface area (Å²) in [5.74, 6) is -1.07. The third-order valence-corrected chi connectivity index (χ3v) is 6.08.